The van der Waals surface area contributed by atoms with E-state index in [0.717, 1.165) is 0 Å². The molecular formula is C25H29ClN4O5S. The zero-order chi connectivity index (χ0) is 25.8. The molecule has 192 valence electrons. The highest BCUT2D eigenvalue weighted by molar-refractivity contribution is 7.18. The molecule has 0 saturated carbocycles. The van der Waals surface area contributed by atoms with E-state index in [1.165, 1.54) is 11.3 Å². The van der Waals surface area contributed by atoms with E-state index < -0.39 is 12.1 Å². The highest BCUT2D eigenvalue weighted by atomic mass is 35.5. The van der Waals surface area contributed by atoms with Crippen LogP contribution in [0.1, 0.15) is 40.3 Å². The number of rotatable bonds is 7. The summed E-state index contributed by atoms with van der Waals surface area (Å²) in [6.45, 7) is 5.52. The van der Waals surface area contributed by atoms with E-state index in [1.807, 2.05) is 13.8 Å². The molecule has 2 saturated heterocycles. The number of carbonyl (C=O) groups excluding carboxylic acids is 4. The molecule has 0 aliphatic carbocycles. The minimum atomic E-state index is -0.464. The van der Waals surface area contributed by atoms with Crippen LogP contribution in [0, 0.1) is 5.92 Å². The molecule has 2 aliphatic rings. The molecule has 4 rings (SSSR count). The van der Waals surface area contributed by atoms with Gasteiger partial charge in [0.2, 0.25) is 5.91 Å². The van der Waals surface area contributed by atoms with Crippen molar-refractivity contribution in [1.29, 1.82) is 0 Å². The number of hydrogen-bond donors (Lipinski definition) is 2. The molecule has 1 aromatic heterocycles. The van der Waals surface area contributed by atoms with Gasteiger partial charge in [0.25, 0.3) is 17.7 Å². The molecule has 2 N–H and O–H groups in total. The Morgan fingerprint density at radius 3 is 2.31 bits per heavy atom. The van der Waals surface area contributed by atoms with E-state index in [4.69, 9.17) is 16.3 Å². The van der Waals surface area contributed by atoms with Crippen LogP contribution < -0.4 is 15.5 Å². The van der Waals surface area contributed by atoms with Crippen molar-refractivity contribution >= 4 is 52.3 Å². The van der Waals surface area contributed by atoms with Crippen LogP contribution in [0.25, 0.3) is 0 Å². The number of morpholine rings is 1. The van der Waals surface area contributed by atoms with Gasteiger partial charge in [-0.15, -0.1) is 11.3 Å². The van der Waals surface area contributed by atoms with Crippen LogP contribution in [0.4, 0.5) is 5.69 Å². The number of hydrogen-bond acceptors (Lipinski definition) is 6. The number of halogens is 1. The van der Waals surface area contributed by atoms with Gasteiger partial charge >= 0.3 is 0 Å². The number of anilines is 1. The van der Waals surface area contributed by atoms with Crippen LogP contribution in [0.15, 0.2) is 36.4 Å². The van der Waals surface area contributed by atoms with E-state index >= 15 is 0 Å². The maximum absolute atomic E-state index is 13.1. The molecule has 0 radical (unpaired) electrons. The van der Waals surface area contributed by atoms with Crippen molar-refractivity contribution in [2.75, 3.05) is 37.7 Å². The Bertz CT molecular complexity index is 1140. The van der Waals surface area contributed by atoms with Crippen molar-refractivity contribution < 1.29 is 23.9 Å². The van der Waals surface area contributed by atoms with Crippen LogP contribution in [0.2, 0.25) is 4.34 Å². The first kappa shape index (κ1) is 26.1. The fourth-order valence-corrected chi connectivity index (χ4v) is 5.24. The summed E-state index contributed by atoms with van der Waals surface area (Å²) in [5, 5.41) is 5.94. The average Bonchev–Trinajstić information content (AvgIpc) is 3.45. The van der Waals surface area contributed by atoms with Gasteiger partial charge in [0.15, 0.2) is 0 Å². The van der Waals surface area contributed by atoms with Gasteiger partial charge in [0.1, 0.15) is 6.61 Å². The number of nitrogens with one attached hydrogen (secondary N) is 2. The number of likely N-dealkylation sites (tertiary alicyclic amines) is 1. The zero-order valence-electron chi connectivity index (χ0n) is 20.2. The first-order valence-electron chi connectivity index (χ1n) is 11.8. The van der Waals surface area contributed by atoms with Crippen LogP contribution in [0.3, 0.4) is 0 Å². The summed E-state index contributed by atoms with van der Waals surface area (Å²) in [5.74, 6) is -0.560. The van der Waals surface area contributed by atoms with Gasteiger partial charge in [-0.1, -0.05) is 25.4 Å². The molecule has 0 unspecified atom stereocenters. The molecule has 2 aromatic rings. The second-order valence-corrected chi connectivity index (χ2v) is 11.0. The lowest BCUT2D eigenvalue weighted by Gasteiger charge is -2.27. The SMILES string of the molecule is CC(C)CC(=O)N1C[C@@H](NC(=O)c2ccc(N3CCOCC3=O)cc2)[C@H](NC(=O)c2ccc(Cl)s2)C1. The highest BCUT2D eigenvalue weighted by Crippen LogP contribution is 2.23. The number of thiophene rings is 1. The summed E-state index contributed by atoms with van der Waals surface area (Å²) in [6, 6.07) is 9.15. The van der Waals surface area contributed by atoms with Crippen molar-refractivity contribution in [1.82, 2.24) is 15.5 Å². The summed E-state index contributed by atoms with van der Waals surface area (Å²) >= 11 is 7.14. The third-order valence-corrected chi connectivity index (χ3v) is 7.34. The Morgan fingerprint density at radius 1 is 1.06 bits per heavy atom. The van der Waals surface area contributed by atoms with Gasteiger partial charge in [-0.3, -0.25) is 19.2 Å². The average molecular weight is 533 g/mol. The third kappa shape index (κ3) is 6.24. The number of benzene rings is 1. The smallest absolute Gasteiger partial charge is 0.261 e. The molecule has 1 aromatic carbocycles. The van der Waals surface area contributed by atoms with Crippen LogP contribution in [-0.2, 0) is 14.3 Å². The normalized spacial score (nSPS) is 20.1. The molecule has 36 heavy (non-hydrogen) atoms. The second-order valence-electron chi connectivity index (χ2n) is 9.31. The molecule has 0 spiro atoms. The molecule has 9 nitrogen and oxygen atoms in total. The third-order valence-electron chi connectivity index (χ3n) is 6.11. The van der Waals surface area contributed by atoms with Crippen molar-refractivity contribution in [3.63, 3.8) is 0 Å². The van der Waals surface area contributed by atoms with Crippen molar-refractivity contribution in [2.45, 2.75) is 32.4 Å². The second kappa shape index (κ2) is 11.4. The fraction of sp³-hybridized carbons (Fsp3) is 0.440. The summed E-state index contributed by atoms with van der Waals surface area (Å²) < 4.78 is 5.67. The first-order valence-corrected chi connectivity index (χ1v) is 13.0. The van der Waals surface area contributed by atoms with E-state index in [1.54, 1.807) is 46.2 Å². The molecule has 4 amide bonds. The first-order chi connectivity index (χ1) is 17.2. The zero-order valence-corrected chi connectivity index (χ0v) is 21.7. The minimum absolute atomic E-state index is 0.0142. The Labute approximate surface area is 218 Å². The maximum Gasteiger partial charge on any atom is 0.261 e. The molecule has 0 bridgehead atoms. The van der Waals surface area contributed by atoms with Crippen LogP contribution in [-0.4, -0.2) is 73.5 Å². The molecular weight excluding hydrogens is 504 g/mol. The Morgan fingerprint density at radius 2 is 1.72 bits per heavy atom. The summed E-state index contributed by atoms with van der Waals surface area (Å²) in [7, 11) is 0. The molecule has 11 heteroatoms. The maximum atomic E-state index is 13.1. The summed E-state index contributed by atoms with van der Waals surface area (Å²) in [5.41, 5.74) is 1.12. The molecule has 3 heterocycles. The molecule has 2 atom stereocenters. The lowest BCUT2D eigenvalue weighted by atomic mass is 10.1. The number of nitrogens with zero attached hydrogens (tertiary/aromatic N) is 2. The van der Waals surface area contributed by atoms with Gasteiger partial charge in [0, 0.05) is 37.3 Å². The molecule has 2 aliphatic heterocycles. The Hall–Kier alpha value is -2.95. The predicted octanol–water partition coefficient (Wildman–Crippen LogP) is 2.55. The van der Waals surface area contributed by atoms with Crippen molar-refractivity contribution in [3.05, 3.63) is 51.2 Å². The predicted molar refractivity (Wildman–Crippen MR) is 137 cm³/mol. The van der Waals surface area contributed by atoms with Gasteiger partial charge in [-0.2, -0.15) is 0 Å². The topological polar surface area (TPSA) is 108 Å². The summed E-state index contributed by atoms with van der Waals surface area (Å²) in [6.07, 6.45) is 0.392. The molecule has 2 fully saturated rings. The van der Waals surface area contributed by atoms with Gasteiger partial charge in [-0.25, -0.2) is 0 Å². The van der Waals surface area contributed by atoms with E-state index in [0.29, 0.717) is 53.1 Å². The monoisotopic (exact) mass is 532 g/mol. The minimum Gasteiger partial charge on any atom is -0.370 e. The van der Waals surface area contributed by atoms with Gasteiger partial charge in [0.05, 0.1) is 27.9 Å². The highest BCUT2D eigenvalue weighted by Gasteiger charge is 2.37. The van der Waals surface area contributed by atoms with Crippen LogP contribution >= 0.6 is 22.9 Å². The van der Waals surface area contributed by atoms with Crippen molar-refractivity contribution in [3.8, 4) is 0 Å². The number of carbonyl (C=O) groups is 4. The van der Waals surface area contributed by atoms with Crippen LogP contribution in [0.5, 0.6) is 0 Å². The fourth-order valence-electron chi connectivity index (χ4n) is 4.29. The number of amides is 4. The number of ether oxygens (including phenoxy) is 1. The lowest BCUT2D eigenvalue weighted by molar-refractivity contribution is -0.131. The lowest BCUT2D eigenvalue weighted by Crippen LogP contribution is -2.50. The van der Waals surface area contributed by atoms with E-state index in [9.17, 15) is 19.2 Å². The van der Waals surface area contributed by atoms with Gasteiger partial charge < -0.3 is 25.2 Å². The van der Waals surface area contributed by atoms with Crippen molar-refractivity contribution in [2.24, 2.45) is 5.92 Å². The largest absolute Gasteiger partial charge is 0.370 e. The standard InChI is InChI=1S/C25H29ClN4O5S/c1-15(2)11-22(31)29-12-18(19(13-29)28-25(34)20-7-8-21(26)36-20)27-24(33)16-3-5-17(6-4-16)30-9-10-35-14-23(30)32/h3-8,15,18-19H,9-14H2,1-2H3,(H,27,33)(H,28,34)/t18-,19-/m1/s1. The van der Waals surface area contributed by atoms with E-state index in [2.05, 4.69) is 10.6 Å². The summed E-state index contributed by atoms with van der Waals surface area (Å²) in [4.78, 5) is 54.4. The Balaban J connectivity index is 1.45. The quantitative estimate of drug-likeness (QED) is 0.570. The Kier molecular flexibility index (Phi) is 8.28. The van der Waals surface area contributed by atoms with E-state index in [-0.39, 0.29) is 36.2 Å². The van der Waals surface area contributed by atoms with Gasteiger partial charge in [-0.05, 0) is 42.3 Å².